The van der Waals surface area contributed by atoms with Crippen molar-refractivity contribution in [2.75, 3.05) is 23.4 Å². The molecular weight excluding hydrogens is 340 g/mol. The van der Waals surface area contributed by atoms with E-state index in [0.29, 0.717) is 18.7 Å². The van der Waals surface area contributed by atoms with Crippen LogP contribution < -0.4 is 5.32 Å². The Morgan fingerprint density at radius 2 is 1.96 bits per heavy atom. The standard InChI is InChI=1S/C18H24N2O4S/c1-3-11-20(17-10-12-25(23,24)13-17)18(22)9-6-15-4-7-16(8-5-15)19-14(2)21/h4-9,17H,3,10-13H2,1-2H3,(H,19,21)/b9-6+. The Morgan fingerprint density at radius 1 is 1.28 bits per heavy atom. The molecule has 7 heteroatoms. The van der Waals surface area contributed by atoms with E-state index in [-0.39, 0.29) is 29.4 Å². The number of nitrogens with zero attached hydrogens (tertiary/aromatic N) is 1. The maximum absolute atomic E-state index is 12.5. The first-order valence-corrected chi connectivity index (χ1v) is 10.2. The number of benzene rings is 1. The molecule has 0 bridgehead atoms. The predicted molar refractivity (Wildman–Crippen MR) is 98.8 cm³/mol. The molecule has 2 rings (SSSR count). The zero-order chi connectivity index (χ0) is 18.4. The summed E-state index contributed by atoms with van der Waals surface area (Å²) >= 11 is 0. The van der Waals surface area contributed by atoms with Gasteiger partial charge in [-0.15, -0.1) is 0 Å². The maximum Gasteiger partial charge on any atom is 0.246 e. The molecule has 0 spiro atoms. The molecule has 1 fully saturated rings. The third kappa shape index (κ3) is 5.70. The number of sulfone groups is 1. The van der Waals surface area contributed by atoms with E-state index in [4.69, 9.17) is 0 Å². The van der Waals surface area contributed by atoms with Crippen LogP contribution in [-0.2, 0) is 19.4 Å². The van der Waals surface area contributed by atoms with Crippen LogP contribution in [0.2, 0.25) is 0 Å². The minimum atomic E-state index is -3.03. The fraction of sp³-hybridized carbons (Fsp3) is 0.444. The van der Waals surface area contributed by atoms with Crippen molar-refractivity contribution in [1.82, 2.24) is 4.90 Å². The van der Waals surface area contributed by atoms with E-state index in [0.717, 1.165) is 12.0 Å². The largest absolute Gasteiger partial charge is 0.335 e. The number of carbonyl (C=O) groups is 2. The summed E-state index contributed by atoms with van der Waals surface area (Å²) in [4.78, 5) is 25.2. The Kier molecular flexibility index (Phi) is 6.36. The van der Waals surface area contributed by atoms with Crippen LogP contribution in [0, 0.1) is 0 Å². The van der Waals surface area contributed by atoms with E-state index in [1.807, 2.05) is 6.92 Å². The van der Waals surface area contributed by atoms with Gasteiger partial charge in [-0.25, -0.2) is 8.42 Å². The van der Waals surface area contributed by atoms with Crippen molar-refractivity contribution in [2.45, 2.75) is 32.7 Å². The number of nitrogens with one attached hydrogen (secondary N) is 1. The van der Waals surface area contributed by atoms with E-state index in [2.05, 4.69) is 5.32 Å². The lowest BCUT2D eigenvalue weighted by Gasteiger charge is -2.26. The summed E-state index contributed by atoms with van der Waals surface area (Å²) in [5, 5.41) is 2.68. The van der Waals surface area contributed by atoms with Crippen LogP contribution >= 0.6 is 0 Å². The molecule has 0 aromatic heterocycles. The lowest BCUT2D eigenvalue weighted by Crippen LogP contribution is -2.40. The summed E-state index contributed by atoms with van der Waals surface area (Å²) in [5.74, 6) is -0.104. The van der Waals surface area contributed by atoms with E-state index in [9.17, 15) is 18.0 Å². The van der Waals surface area contributed by atoms with Gasteiger partial charge >= 0.3 is 0 Å². The molecular formula is C18H24N2O4S. The second-order valence-corrected chi connectivity index (χ2v) is 8.45. The summed E-state index contributed by atoms with van der Waals surface area (Å²) in [5.41, 5.74) is 1.53. The quantitative estimate of drug-likeness (QED) is 0.784. The summed E-state index contributed by atoms with van der Waals surface area (Å²) in [7, 11) is -3.03. The minimum Gasteiger partial charge on any atom is -0.335 e. The number of hydrogen-bond donors (Lipinski definition) is 1. The van der Waals surface area contributed by atoms with Crippen LogP contribution in [0.25, 0.3) is 6.08 Å². The van der Waals surface area contributed by atoms with Crippen LogP contribution in [0.4, 0.5) is 5.69 Å². The third-order valence-electron chi connectivity index (χ3n) is 4.05. The molecule has 1 aromatic carbocycles. The highest BCUT2D eigenvalue weighted by atomic mass is 32.2. The number of rotatable bonds is 6. The summed E-state index contributed by atoms with van der Waals surface area (Å²) in [6.07, 6.45) is 4.47. The average molecular weight is 364 g/mol. The summed E-state index contributed by atoms with van der Waals surface area (Å²) < 4.78 is 23.3. The van der Waals surface area contributed by atoms with Crippen LogP contribution in [0.15, 0.2) is 30.3 Å². The van der Waals surface area contributed by atoms with Crippen LogP contribution in [-0.4, -0.2) is 49.2 Å². The molecule has 1 aromatic rings. The van der Waals surface area contributed by atoms with Gasteiger partial charge in [0.2, 0.25) is 11.8 Å². The normalized spacial score (nSPS) is 19.0. The molecule has 1 saturated heterocycles. The van der Waals surface area contributed by atoms with E-state index in [1.54, 1.807) is 35.2 Å². The fourth-order valence-electron chi connectivity index (χ4n) is 2.88. The first kappa shape index (κ1) is 19.2. The molecule has 136 valence electrons. The molecule has 1 aliphatic rings. The van der Waals surface area contributed by atoms with Gasteiger partial charge in [-0.2, -0.15) is 0 Å². The molecule has 6 nitrogen and oxygen atoms in total. The molecule has 1 heterocycles. The monoisotopic (exact) mass is 364 g/mol. The van der Waals surface area contributed by atoms with Gasteiger partial charge in [0.05, 0.1) is 11.5 Å². The number of hydrogen-bond acceptors (Lipinski definition) is 4. The maximum atomic E-state index is 12.5. The van der Waals surface area contributed by atoms with Gasteiger partial charge in [0.1, 0.15) is 0 Å². The van der Waals surface area contributed by atoms with Gasteiger partial charge in [0.25, 0.3) is 0 Å². The first-order valence-electron chi connectivity index (χ1n) is 8.37. The first-order chi connectivity index (χ1) is 11.8. The second-order valence-electron chi connectivity index (χ2n) is 6.23. The zero-order valence-corrected chi connectivity index (χ0v) is 15.4. The van der Waals surface area contributed by atoms with Gasteiger partial charge < -0.3 is 10.2 Å². The Hall–Kier alpha value is -2.15. The zero-order valence-electron chi connectivity index (χ0n) is 14.6. The molecule has 2 amide bonds. The van der Waals surface area contributed by atoms with E-state index < -0.39 is 9.84 Å². The minimum absolute atomic E-state index is 0.0536. The van der Waals surface area contributed by atoms with Gasteiger partial charge in [0, 0.05) is 31.3 Å². The SMILES string of the molecule is CCCN(C(=O)/C=C/c1ccc(NC(C)=O)cc1)C1CCS(=O)(=O)C1. The Morgan fingerprint density at radius 3 is 2.48 bits per heavy atom. The fourth-order valence-corrected chi connectivity index (χ4v) is 4.61. The lowest BCUT2D eigenvalue weighted by molar-refractivity contribution is -0.127. The number of carbonyl (C=O) groups excluding carboxylic acids is 2. The van der Waals surface area contributed by atoms with Crippen molar-refractivity contribution in [1.29, 1.82) is 0 Å². The van der Waals surface area contributed by atoms with Crippen molar-refractivity contribution in [2.24, 2.45) is 0 Å². The van der Waals surface area contributed by atoms with Gasteiger partial charge in [-0.3, -0.25) is 9.59 Å². The molecule has 0 aliphatic carbocycles. The highest BCUT2D eigenvalue weighted by Crippen LogP contribution is 2.19. The van der Waals surface area contributed by atoms with Crippen LogP contribution in [0.3, 0.4) is 0 Å². The lowest BCUT2D eigenvalue weighted by atomic mass is 10.1. The second kappa shape index (κ2) is 8.29. The van der Waals surface area contributed by atoms with Crippen molar-refractivity contribution in [3.05, 3.63) is 35.9 Å². The van der Waals surface area contributed by atoms with Crippen molar-refractivity contribution >= 4 is 33.4 Å². The molecule has 1 unspecified atom stereocenters. The molecule has 0 radical (unpaired) electrons. The van der Waals surface area contributed by atoms with Gasteiger partial charge in [-0.05, 0) is 36.6 Å². The Bertz CT molecular complexity index is 754. The van der Waals surface area contributed by atoms with Crippen LogP contribution in [0.1, 0.15) is 32.3 Å². The Balaban J connectivity index is 2.04. The van der Waals surface area contributed by atoms with Gasteiger partial charge in [-0.1, -0.05) is 19.1 Å². The number of anilines is 1. The Labute approximate surface area is 148 Å². The summed E-state index contributed by atoms with van der Waals surface area (Å²) in [6, 6.07) is 6.90. The highest BCUT2D eigenvalue weighted by Gasteiger charge is 2.33. The van der Waals surface area contributed by atoms with Crippen LogP contribution in [0.5, 0.6) is 0 Å². The van der Waals surface area contributed by atoms with Crippen molar-refractivity contribution in [3.8, 4) is 0 Å². The summed E-state index contributed by atoms with van der Waals surface area (Å²) in [6.45, 7) is 3.96. The molecule has 1 aliphatic heterocycles. The third-order valence-corrected chi connectivity index (χ3v) is 5.80. The topological polar surface area (TPSA) is 83.6 Å². The number of amides is 2. The average Bonchev–Trinajstić information content (AvgIpc) is 2.91. The smallest absolute Gasteiger partial charge is 0.246 e. The molecule has 25 heavy (non-hydrogen) atoms. The van der Waals surface area contributed by atoms with Gasteiger partial charge in [0.15, 0.2) is 9.84 Å². The van der Waals surface area contributed by atoms with E-state index >= 15 is 0 Å². The van der Waals surface area contributed by atoms with Crippen molar-refractivity contribution < 1.29 is 18.0 Å². The molecule has 1 N–H and O–H groups in total. The molecule has 0 saturated carbocycles. The van der Waals surface area contributed by atoms with Crippen molar-refractivity contribution in [3.63, 3.8) is 0 Å². The molecule has 1 atom stereocenters. The van der Waals surface area contributed by atoms with E-state index in [1.165, 1.54) is 13.0 Å². The highest BCUT2D eigenvalue weighted by molar-refractivity contribution is 7.91. The predicted octanol–water partition coefficient (Wildman–Crippen LogP) is 2.08.